The fraction of sp³-hybridized carbons (Fsp3) is 0.368. The highest BCUT2D eigenvalue weighted by Crippen LogP contribution is 2.27. The molecule has 0 fully saturated rings. The van der Waals surface area contributed by atoms with Gasteiger partial charge in [-0.25, -0.2) is 9.67 Å². The molecule has 9 heteroatoms. The quantitative estimate of drug-likeness (QED) is 0.610. The van der Waals surface area contributed by atoms with Gasteiger partial charge in [0.25, 0.3) is 5.91 Å². The van der Waals surface area contributed by atoms with Gasteiger partial charge in [-0.1, -0.05) is 6.07 Å². The van der Waals surface area contributed by atoms with Crippen molar-refractivity contribution in [3.63, 3.8) is 0 Å². The van der Waals surface area contributed by atoms with Crippen LogP contribution in [0.2, 0.25) is 0 Å². The number of hydrogen-bond acceptors (Lipinski definition) is 7. The topological polar surface area (TPSA) is 95.3 Å². The van der Waals surface area contributed by atoms with E-state index in [2.05, 4.69) is 15.4 Å². The van der Waals surface area contributed by atoms with E-state index in [1.165, 1.54) is 18.4 Å². The molecule has 3 aromatic rings. The van der Waals surface area contributed by atoms with E-state index in [9.17, 15) is 9.59 Å². The molecule has 0 radical (unpaired) electrons. The molecule has 8 nitrogen and oxygen atoms in total. The van der Waals surface area contributed by atoms with Crippen LogP contribution < -0.4 is 10.1 Å². The van der Waals surface area contributed by atoms with Gasteiger partial charge in [0.1, 0.15) is 0 Å². The predicted molar refractivity (Wildman–Crippen MR) is 105 cm³/mol. The highest BCUT2D eigenvalue weighted by molar-refractivity contribution is 7.10. The van der Waals surface area contributed by atoms with E-state index in [-0.39, 0.29) is 18.9 Å². The number of thiophene rings is 1. The number of pyridine rings is 1. The number of fused-ring (bicyclic) bond motifs is 1. The summed E-state index contributed by atoms with van der Waals surface area (Å²) >= 11 is 1.46. The third-order valence-corrected chi connectivity index (χ3v) is 5.23. The minimum absolute atomic E-state index is 0.0532. The van der Waals surface area contributed by atoms with Crippen LogP contribution in [0, 0.1) is 13.8 Å². The Balaban J connectivity index is 1.71. The zero-order chi connectivity index (χ0) is 20.3. The molecule has 1 atom stereocenters. The molecular formula is C19H22N4O4S. The van der Waals surface area contributed by atoms with E-state index in [1.807, 2.05) is 37.4 Å². The van der Waals surface area contributed by atoms with E-state index in [0.717, 1.165) is 21.5 Å². The van der Waals surface area contributed by atoms with Crippen molar-refractivity contribution in [3.8, 4) is 5.88 Å². The second-order valence-electron chi connectivity index (χ2n) is 6.41. The molecule has 148 valence electrons. The molecule has 3 aromatic heterocycles. The summed E-state index contributed by atoms with van der Waals surface area (Å²) in [6.07, 6.45) is 0.0532. The molecule has 1 unspecified atom stereocenters. The molecule has 3 rings (SSSR count). The van der Waals surface area contributed by atoms with Gasteiger partial charge in [-0.05, 0) is 36.9 Å². The van der Waals surface area contributed by atoms with Crippen LogP contribution in [-0.2, 0) is 21.4 Å². The summed E-state index contributed by atoms with van der Waals surface area (Å²) in [5.41, 5.74) is 2.57. The molecule has 28 heavy (non-hydrogen) atoms. The number of carbonyl (C=O) groups is 2. The molecule has 0 aliphatic heterocycles. The lowest BCUT2D eigenvalue weighted by atomic mass is 10.1. The molecule has 1 N–H and O–H groups in total. The maximum absolute atomic E-state index is 12.4. The van der Waals surface area contributed by atoms with Crippen LogP contribution in [0.15, 0.2) is 23.6 Å². The van der Waals surface area contributed by atoms with Gasteiger partial charge in [0.15, 0.2) is 12.3 Å². The number of rotatable bonds is 7. The molecule has 0 aliphatic carbocycles. The van der Waals surface area contributed by atoms with E-state index in [4.69, 9.17) is 9.47 Å². The highest BCUT2D eigenvalue weighted by Gasteiger charge is 2.21. The van der Waals surface area contributed by atoms with E-state index in [0.29, 0.717) is 11.5 Å². The molecule has 0 saturated heterocycles. The zero-order valence-electron chi connectivity index (χ0n) is 16.2. The SMILES string of the molecule is COC(=O)CC(NC(=O)COc1nn(C)c2nc(C)cc(C)c12)c1cccs1. The average molecular weight is 402 g/mol. The molecule has 0 aromatic carbocycles. The van der Waals surface area contributed by atoms with Gasteiger partial charge in [0, 0.05) is 17.6 Å². The Labute approximate surface area is 166 Å². The van der Waals surface area contributed by atoms with Crippen molar-refractivity contribution in [2.45, 2.75) is 26.3 Å². The Hall–Kier alpha value is -2.94. The normalized spacial score (nSPS) is 12.0. The largest absolute Gasteiger partial charge is 0.469 e. The number of nitrogens with zero attached hydrogens (tertiary/aromatic N) is 3. The smallest absolute Gasteiger partial charge is 0.307 e. The van der Waals surface area contributed by atoms with Crippen LogP contribution in [0.4, 0.5) is 0 Å². The van der Waals surface area contributed by atoms with Crippen molar-refractivity contribution in [2.24, 2.45) is 7.05 Å². The van der Waals surface area contributed by atoms with Crippen LogP contribution in [0.5, 0.6) is 5.88 Å². The van der Waals surface area contributed by atoms with E-state index in [1.54, 1.807) is 11.7 Å². The van der Waals surface area contributed by atoms with Crippen molar-refractivity contribution in [1.82, 2.24) is 20.1 Å². The summed E-state index contributed by atoms with van der Waals surface area (Å²) in [6.45, 7) is 3.65. The number of aromatic nitrogens is 3. The molecular weight excluding hydrogens is 380 g/mol. The lowest BCUT2D eigenvalue weighted by Crippen LogP contribution is -2.33. The van der Waals surface area contributed by atoms with Crippen molar-refractivity contribution in [2.75, 3.05) is 13.7 Å². The zero-order valence-corrected chi connectivity index (χ0v) is 17.0. The number of esters is 1. The molecule has 1 amide bonds. The maximum atomic E-state index is 12.4. The summed E-state index contributed by atoms with van der Waals surface area (Å²) < 4.78 is 12.0. The van der Waals surface area contributed by atoms with Crippen molar-refractivity contribution >= 4 is 34.2 Å². The number of hydrogen-bond donors (Lipinski definition) is 1. The average Bonchev–Trinajstić information content (AvgIpc) is 3.28. The maximum Gasteiger partial charge on any atom is 0.307 e. The number of ether oxygens (including phenoxy) is 2. The van der Waals surface area contributed by atoms with Crippen molar-refractivity contribution < 1.29 is 19.1 Å². The minimum Gasteiger partial charge on any atom is -0.469 e. The first-order chi connectivity index (χ1) is 13.4. The molecule has 0 spiro atoms. The van der Waals surface area contributed by atoms with Gasteiger partial charge in [-0.3, -0.25) is 9.59 Å². The van der Waals surface area contributed by atoms with Crippen LogP contribution in [0.3, 0.4) is 0 Å². The van der Waals surface area contributed by atoms with Gasteiger partial charge < -0.3 is 14.8 Å². The van der Waals surface area contributed by atoms with Gasteiger partial charge in [0.05, 0.1) is 25.0 Å². The molecule has 3 heterocycles. The monoisotopic (exact) mass is 402 g/mol. The highest BCUT2D eigenvalue weighted by atomic mass is 32.1. The number of carbonyl (C=O) groups excluding carboxylic acids is 2. The van der Waals surface area contributed by atoms with Crippen LogP contribution in [-0.4, -0.2) is 40.4 Å². The van der Waals surface area contributed by atoms with Crippen LogP contribution in [0.25, 0.3) is 11.0 Å². The number of aryl methyl sites for hydroxylation is 3. The van der Waals surface area contributed by atoms with E-state index >= 15 is 0 Å². The lowest BCUT2D eigenvalue weighted by molar-refractivity contribution is -0.141. The van der Waals surface area contributed by atoms with E-state index < -0.39 is 12.0 Å². The third kappa shape index (κ3) is 4.30. The molecule has 0 saturated carbocycles. The first-order valence-corrected chi connectivity index (χ1v) is 9.60. The van der Waals surface area contributed by atoms with Gasteiger partial charge >= 0.3 is 5.97 Å². The standard InChI is InChI=1S/C19H22N4O4S/c1-11-8-12(2)20-18-17(11)19(22-23(18)3)27-10-15(24)21-13(9-16(25)26-4)14-6-5-7-28-14/h5-8,13H,9-10H2,1-4H3,(H,21,24). The summed E-state index contributed by atoms with van der Waals surface area (Å²) in [4.78, 5) is 29.5. The Morgan fingerprint density at radius 3 is 2.82 bits per heavy atom. The Bertz CT molecular complexity index is 997. The van der Waals surface area contributed by atoms with Crippen molar-refractivity contribution in [3.05, 3.63) is 39.7 Å². The molecule has 0 aliphatic rings. The fourth-order valence-corrected chi connectivity index (χ4v) is 3.76. The van der Waals surface area contributed by atoms with Crippen LogP contribution in [0.1, 0.15) is 28.6 Å². The summed E-state index contributed by atoms with van der Waals surface area (Å²) in [5.74, 6) is -0.385. The first-order valence-electron chi connectivity index (χ1n) is 8.72. The van der Waals surface area contributed by atoms with Gasteiger partial charge in [-0.15, -0.1) is 16.4 Å². The van der Waals surface area contributed by atoms with Crippen LogP contribution >= 0.6 is 11.3 Å². The summed E-state index contributed by atoms with van der Waals surface area (Å²) in [6, 6.07) is 5.21. The second-order valence-corrected chi connectivity index (χ2v) is 7.39. The Morgan fingerprint density at radius 2 is 2.14 bits per heavy atom. The first kappa shape index (κ1) is 19.8. The summed E-state index contributed by atoms with van der Waals surface area (Å²) in [5, 5.41) is 9.83. The fourth-order valence-electron chi connectivity index (χ4n) is 2.98. The molecule has 0 bridgehead atoms. The third-order valence-electron chi connectivity index (χ3n) is 4.25. The Kier molecular flexibility index (Phi) is 5.93. The minimum atomic E-state index is -0.463. The second kappa shape index (κ2) is 8.39. The van der Waals surface area contributed by atoms with Gasteiger partial charge in [0.2, 0.25) is 5.88 Å². The lowest BCUT2D eigenvalue weighted by Gasteiger charge is -2.16. The summed E-state index contributed by atoms with van der Waals surface area (Å²) in [7, 11) is 3.10. The Morgan fingerprint density at radius 1 is 1.36 bits per heavy atom. The number of amides is 1. The van der Waals surface area contributed by atoms with Crippen molar-refractivity contribution in [1.29, 1.82) is 0 Å². The van der Waals surface area contributed by atoms with Gasteiger partial charge in [-0.2, -0.15) is 0 Å². The number of methoxy groups -OCH3 is 1. The predicted octanol–water partition coefficient (Wildman–Crippen LogP) is 2.45. The number of nitrogens with one attached hydrogen (secondary N) is 1.